The van der Waals surface area contributed by atoms with Crippen LogP contribution in [0.4, 0.5) is 5.69 Å². The lowest BCUT2D eigenvalue weighted by molar-refractivity contribution is -0.384. The monoisotopic (exact) mass is 401 g/mol. The minimum Gasteiger partial charge on any atom is -0.289 e. The van der Waals surface area contributed by atoms with Gasteiger partial charge in [-0.3, -0.25) is 14.9 Å². The van der Waals surface area contributed by atoms with Crippen LogP contribution >= 0.6 is 11.3 Å². The summed E-state index contributed by atoms with van der Waals surface area (Å²) in [5, 5.41) is 10.9. The number of carbonyl (C=O) groups is 1. The molecule has 0 spiro atoms. The first kappa shape index (κ1) is 19.1. The van der Waals surface area contributed by atoms with Crippen molar-refractivity contribution >= 4 is 22.8 Å². The van der Waals surface area contributed by atoms with E-state index < -0.39 is 4.92 Å². The van der Waals surface area contributed by atoms with Crippen LogP contribution in [0.2, 0.25) is 0 Å². The van der Waals surface area contributed by atoms with Crippen LogP contribution in [0.5, 0.6) is 0 Å². The second-order valence-electron chi connectivity index (χ2n) is 7.16. The van der Waals surface area contributed by atoms with Crippen LogP contribution in [-0.2, 0) is 12.8 Å². The Balaban J connectivity index is 1.75. The van der Waals surface area contributed by atoms with Crippen LogP contribution in [0.1, 0.15) is 55.2 Å². The van der Waals surface area contributed by atoms with Gasteiger partial charge in [0, 0.05) is 28.1 Å². The van der Waals surface area contributed by atoms with Crippen molar-refractivity contribution in [2.45, 2.75) is 32.6 Å². The highest BCUT2D eigenvalue weighted by Crippen LogP contribution is 2.35. The summed E-state index contributed by atoms with van der Waals surface area (Å²) in [6, 6.07) is 13.8. The van der Waals surface area contributed by atoms with E-state index in [0.29, 0.717) is 11.1 Å². The highest BCUT2D eigenvalue weighted by atomic mass is 32.1. The minimum absolute atomic E-state index is 0.0201. The summed E-state index contributed by atoms with van der Waals surface area (Å²) in [5.74, 6) is 6.31. The highest BCUT2D eigenvalue weighted by Gasteiger charge is 2.25. The number of hydrogen-bond acceptors (Lipinski definition) is 4. The number of fused-ring (bicyclic) bond motifs is 1. The van der Waals surface area contributed by atoms with Crippen molar-refractivity contribution in [2.24, 2.45) is 0 Å². The Kier molecular flexibility index (Phi) is 5.28. The predicted octanol–water partition coefficient (Wildman–Crippen LogP) is 5.47. The van der Waals surface area contributed by atoms with E-state index in [9.17, 15) is 14.9 Å². The molecule has 2 aromatic carbocycles. The number of benzene rings is 2. The first-order valence-electron chi connectivity index (χ1n) is 9.55. The molecule has 29 heavy (non-hydrogen) atoms. The van der Waals surface area contributed by atoms with Crippen LogP contribution in [0.25, 0.3) is 0 Å². The van der Waals surface area contributed by atoms with Crippen LogP contribution < -0.4 is 0 Å². The van der Waals surface area contributed by atoms with Crippen molar-refractivity contribution in [1.82, 2.24) is 0 Å². The second kappa shape index (κ2) is 8.02. The molecule has 5 heteroatoms. The maximum Gasteiger partial charge on any atom is 0.269 e. The van der Waals surface area contributed by atoms with Crippen molar-refractivity contribution < 1.29 is 9.72 Å². The van der Waals surface area contributed by atoms with E-state index in [2.05, 4.69) is 11.8 Å². The highest BCUT2D eigenvalue weighted by molar-refractivity contribution is 7.13. The van der Waals surface area contributed by atoms with Crippen molar-refractivity contribution in [3.05, 3.63) is 96.2 Å². The van der Waals surface area contributed by atoms with Gasteiger partial charge in [0.25, 0.3) is 5.69 Å². The third kappa shape index (κ3) is 3.98. The number of carbonyl (C=O) groups excluding carboxylic acids is 1. The molecule has 0 saturated carbocycles. The van der Waals surface area contributed by atoms with Gasteiger partial charge in [-0.2, -0.15) is 0 Å². The van der Waals surface area contributed by atoms with E-state index in [1.807, 2.05) is 31.2 Å². The number of thiophene rings is 1. The molecule has 0 saturated heterocycles. The van der Waals surface area contributed by atoms with Crippen LogP contribution in [0.3, 0.4) is 0 Å². The summed E-state index contributed by atoms with van der Waals surface area (Å²) >= 11 is 1.61. The SMILES string of the molecule is Cc1ccc(C#Cc2sc3c(c2C(=O)c2ccc([N+](=O)[O-])cc2)CCCC3)cc1. The summed E-state index contributed by atoms with van der Waals surface area (Å²) < 4.78 is 0. The fraction of sp³-hybridized carbons (Fsp3) is 0.208. The molecule has 0 unspecified atom stereocenters. The summed E-state index contributed by atoms with van der Waals surface area (Å²) in [5.41, 5.74) is 4.32. The molecule has 1 aromatic heterocycles. The van der Waals surface area contributed by atoms with E-state index in [-0.39, 0.29) is 11.5 Å². The standard InChI is InChI=1S/C24H19NO3S/c1-16-6-8-17(9-7-16)10-15-22-23(20-4-2-3-5-21(20)29-22)24(26)18-11-13-19(14-12-18)25(27)28/h6-9,11-14H,2-5H2,1H3. The van der Waals surface area contributed by atoms with Gasteiger partial charge in [0.2, 0.25) is 0 Å². The molecular formula is C24H19NO3S. The molecule has 0 aliphatic heterocycles. The lowest BCUT2D eigenvalue weighted by Crippen LogP contribution is -2.08. The molecule has 0 N–H and O–H groups in total. The van der Waals surface area contributed by atoms with Gasteiger partial charge in [0.15, 0.2) is 5.78 Å². The molecule has 144 valence electrons. The Morgan fingerprint density at radius 2 is 1.69 bits per heavy atom. The summed E-state index contributed by atoms with van der Waals surface area (Å²) in [6.45, 7) is 2.03. The van der Waals surface area contributed by atoms with Crippen molar-refractivity contribution in [1.29, 1.82) is 0 Å². The molecule has 0 bridgehead atoms. The van der Waals surface area contributed by atoms with Gasteiger partial charge < -0.3 is 0 Å². The van der Waals surface area contributed by atoms with Gasteiger partial charge in [0.05, 0.1) is 15.4 Å². The average Bonchev–Trinajstić information content (AvgIpc) is 3.11. The molecule has 0 atom stereocenters. The second-order valence-corrected chi connectivity index (χ2v) is 8.27. The van der Waals surface area contributed by atoms with Gasteiger partial charge >= 0.3 is 0 Å². The predicted molar refractivity (Wildman–Crippen MR) is 115 cm³/mol. The maximum atomic E-state index is 13.3. The van der Waals surface area contributed by atoms with Crippen LogP contribution in [0.15, 0.2) is 48.5 Å². The van der Waals surface area contributed by atoms with Gasteiger partial charge in [-0.15, -0.1) is 11.3 Å². The molecule has 3 aromatic rings. The van der Waals surface area contributed by atoms with Crippen LogP contribution in [0, 0.1) is 28.9 Å². The third-order valence-electron chi connectivity index (χ3n) is 5.11. The zero-order valence-corrected chi connectivity index (χ0v) is 16.8. The van der Waals surface area contributed by atoms with E-state index in [4.69, 9.17) is 0 Å². The Morgan fingerprint density at radius 3 is 2.38 bits per heavy atom. The summed E-state index contributed by atoms with van der Waals surface area (Å²) in [4.78, 5) is 25.8. The largest absolute Gasteiger partial charge is 0.289 e. The number of nitro groups is 1. The Morgan fingerprint density at radius 1 is 1.00 bits per heavy atom. The molecule has 0 fully saturated rings. The lowest BCUT2D eigenvalue weighted by atomic mass is 9.91. The first-order chi connectivity index (χ1) is 14.0. The van der Waals surface area contributed by atoms with E-state index in [1.165, 1.54) is 34.7 Å². The van der Waals surface area contributed by atoms with Crippen molar-refractivity contribution in [2.75, 3.05) is 0 Å². The smallest absolute Gasteiger partial charge is 0.269 e. The first-order valence-corrected chi connectivity index (χ1v) is 10.4. The lowest BCUT2D eigenvalue weighted by Gasteiger charge is -2.12. The third-order valence-corrected chi connectivity index (χ3v) is 6.32. The van der Waals surface area contributed by atoms with Gasteiger partial charge in [-0.25, -0.2) is 0 Å². The number of non-ortho nitro benzene ring substituents is 1. The average molecular weight is 401 g/mol. The minimum atomic E-state index is -0.459. The number of hydrogen-bond donors (Lipinski definition) is 0. The number of nitrogens with zero attached hydrogens (tertiary/aromatic N) is 1. The van der Waals surface area contributed by atoms with Gasteiger partial charge in [0.1, 0.15) is 0 Å². The van der Waals surface area contributed by atoms with Gasteiger partial charge in [-0.05, 0) is 68.4 Å². The maximum absolute atomic E-state index is 13.3. The zero-order chi connectivity index (χ0) is 20.4. The fourth-order valence-electron chi connectivity index (χ4n) is 3.54. The van der Waals surface area contributed by atoms with Crippen molar-refractivity contribution in [3.8, 4) is 11.8 Å². The fourth-order valence-corrected chi connectivity index (χ4v) is 4.78. The Hall–Kier alpha value is -3.23. The number of rotatable bonds is 3. The summed E-state index contributed by atoms with van der Waals surface area (Å²) in [6.07, 6.45) is 4.05. The molecule has 4 rings (SSSR count). The van der Waals surface area contributed by atoms with Crippen molar-refractivity contribution in [3.63, 3.8) is 0 Å². The molecule has 1 aliphatic carbocycles. The number of aryl methyl sites for hydroxylation is 2. The molecule has 0 amide bonds. The Bertz CT molecular complexity index is 1150. The summed E-state index contributed by atoms with van der Waals surface area (Å²) in [7, 11) is 0. The number of ketones is 1. The normalized spacial score (nSPS) is 12.6. The molecule has 1 aliphatic rings. The van der Waals surface area contributed by atoms with E-state index >= 15 is 0 Å². The van der Waals surface area contributed by atoms with Gasteiger partial charge in [-0.1, -0.05) is 23.6 Å². The molecule has 1 heterocycles. The van der Waals surface area contributed by atoms with Crippen LogP contribution in [-0.4, -0.2) is 10.7 Å². The number of nitro benzene ring substituents is 1. The van der Waals surface area contributed by atoms with E-state index in [0.717, 1.165) is 41.7 Å². The van der Waals surface area contributed by atoms with E-state index in [1.54, 1.807) is 11.3 Å². The topological polar surface area (TPSA) is 60.2 Å². The molecular weight excluding hydrogens is 382 g/mol. The quantitative estimate of drug-likeness (QED) is 0.253. The zero-order valence-electron chi connectivity index (χ0n) is 16.0. The molecule has 0 radical (unpaired) electrons. The molecule has 4 nitrogen and oxygen atoms in total. The Labute approximate surface area is 173 Å².